The van der Waals surface area contributed by atoms with Crippen LogP contribution in [0.2, 0.25) is 0 Å². The van der Waals surface area contributed by atoms with Gasteiger partial charge in [-0.15, -0.1) is 12.4 Å². The fraction of sp³-hybridized carbons (Fsp3) is 0.364. The molecule has 138 valence electrons. The van der Waals surface area contributed by atoms with Gasteiger partial charge in [0, 0.05) is 17.5 Å². The number of nitrogens with one attached hydrogen (secondary N) is 1. The first-order chi connectivity index (χ1) is 12.3. The molecule has 0 atom stereocenters. The number of piperidine rings is 1. The smallest absolute Gasteiger partial charge is 0.151 e. The molecule has 2 aromatic carbocycles. The Hall–Kier alpha value is -1.97. The van der Waals surface area contributed by atoms with Gasteiger partial charge in [-0.3, -0.25) is 9.79 Å². The molecular weight excluding hydrogens is 344 g/mol. The second-order valence-electron chi connectivity index (χ2n) is 6.72. The highest BCUT2D eigenvalue weighted by molar-refractivity contribution is 5.97. The topological polar surface area (TPSA) is 41.5 Å². The molecule has 0 aromatic heterocycles. The summed E-state index contributed by atoms with van der Waals surface area (Å²) in [5, 5.41) is 3.43. The van der Waals surface area contributed by atoms with Crippen molar-refractivity contribution in [1.82, 2.24) is 5.32 Å². The van der Waals surface area contributed by atoms with E-state index in [0.717, 1.165) is 31.6 Å². The van der Waals surface area contributed by atoms with Crippen molar-refractivity contribution in [3.05, 3.63) is 71.8 Å². The first-order valence-electron chi connectivity index (χ1n) is 9.10. The Bertz CT molecular complexity index is 670. The summed E-state index contributed by atoms with van der Waals surface area (Å²) in [5.74, 6) is 0.655. The normalized spacial score (nSPS) is 15.5. The maximum absolute atomic E-state index is 11.6. The van der Waals surface area contributed by atoms with E-state index in [1.165, 1.54) is 11.1 Å². The maximum atomic E-state index is 11.6. The number of carbonyl (C=O) groups is 1. The fourth-order valence-electron chi connectivity index (χ4n) is 3.60. The van der Waals surface area contributed by atoms with Crippen LogP contribution in [0.3, 0.4) is 0 Å². The molecule has 0 radical (unpaired) electrons. The van der Waals surface area contributed by atoms with Crippen molar-refractivity contribution in [2.24, 2.45) is 10.9 Å². The van der Waals surface area contributed by atoms with Crippen LogP contribution in [0.4, 0.5) is 0 Å². The Balaban J connectivity index is 0.00000243. The van der Waals surface area contributed by atoms with Crippen molar-refractivity contribution < 1.29 is 4.79 Å². The number of carbonyl (C=O) groups excluding carboxylic acids is 1. The van der Waals surface area contributed by atoms with Gasteiger partial charge in [0.25, 0.3) is 0 Å². The summed E-state index contributed by atoms with van der Waals surface area (Å²) < 4.78 is 0. The third-order valence-corrected chi connectivity index (χ3v) is 4.80. The first-order valence-corrected chi connectivity index (χ1v) is 9.10. The summed E-state index contributed by atoms with van der Waals surface area (Å²) in [7, 11) is 0. The third-order valence-electron chi connectivity index (χ3n) is 4.80. The molecule has 1 aliphatic heterocycles. The molecule has 0 bridgehead atoms. The number of benzene rings is 2. The van der Waals surface area contributed by atoms with Gasteiger partial charge in [-0.1, -0.05) is 60.7 Å². The minimum atomic E-state index is 0. The van der Waals surface area contributed by atoms with E-state index in [2.05, 4.69) is 53.8 Å². The van der Waals surface area contributed by atoms with E-state index in [4.69, 9.17) is 4.99 Å². The fourth-order valence-corrected chi connectivity index (χ4v) is 3.60. The van der Waals surface area contributed by atoms with E-state index >= 15 is 0 Å². The molecule has 2 aromatic rings. The largest absolute Gasteiger partial charge is 0.317 e. The quantitative estimate of drug-likeness (QED) is 0.771. The lowest BCUT2D eigenvalue weighted by Crippen LogP contribution is -2.35. The molecule has 0 spiro atoms. The molecule has 3 nitrogen and oxygen atoms in total. The molecule has 0 saturated carbocycles. The lowest BCUT2D eigenvalue weighted by Gasteiger charge is -2.30. The Kier molecular flexibility index (Phi) is 8.02. The monoisotopic (exact) mass is 370 g/mol. The third kappa shape index (κ3) is 5.26. The van der Waals surface area contributed by atoms with Gasteiger partial charge in [0.05, 0.1) is 6.54 Å². The van der Waals surface area contributed by atoms with Gasteiger partial charge in [0.2, 0.25) is 0 Å². The molecule has 1 saturated heterocycles. The number of ketones is 1. The van der Waals surface area contributed by atoms with Crippen molar-refractivity contribution in [1.29, 1.82) is 0 Å². The molecule has 1 heterocycles. The van der Waals surface area contributed by atoms with Crippen molar-refractivity contribution in [2.75, 3.05) is 19.6 Å². The van der Waals surface area contributed by atoms with Crippen molar-refractivity contribution in [3.63, 3.8) is 0 Å². The first kappa shape index (κ1) is 20.3. The van der Waals surface area contributed by atoms with E-state index in [1.807, 2.05) is 12.1 Å². The van der Waals surface area contributed by atoms with Gasteiger partial charge in [-0.2, -0.15) is 0 Å². The standard InChI is InChI=1S/C22H26N2O.ClH/c1-17(25)16-24-22(20-12-14-23-15-13-20)21(18-8-4-2-5-9-18)19-10-6-3-7-11-19;/h2-11,20-21,23H,12-16H2,1H3;1H. The predicted molar refractivity (Wildman–Crippen MR) is 111 cm³/mol. The number of nitrogens with zero attached hydrogens (tertiary/aromatic N) is 1. The van der Waals surface area contributed by atoms with E-state index in [-0.39, 0.29) is 30.7 Å². The van der Waals surface area contributed by atoms with Gasteiger partial charge in [-0.25, -0.2) is 0 Å². The van der Waals surface area contributed by atoms with Gasteiger partial charge in [0.1, 0.15) is 0 Å². The van der Waals surface area contributed by atoms with Gasteiger partial charge in [-0.05, 0) is 44.0 Å². The van der Waals surface area contributed by atoms with Gasteiger partial charge in [0.15, 0.2) is 5.78 Å². The molecule has 0 amide bonds. The summed E-state index contributed by atoms with van der Waals surface area (Å²) in [5.41, 5.74) is 3.65. The van der Waals surface area contributed by atoms with Crippen LogP contribution in [0.5, 0.6) is 0 Å². The zero-order valence-corrected chi connectivity index (χ0v) is 16.0. The summed E-state index contributed by atoms with van der Waals surface area (Å²) in [6, 6.07) is 21.1. The number of rotatable bonds is 6. The number of hydrogen-bond acceptors (Lipinski definition) is 3. The summed E-state index contributed by atoms with van der Waals surface area (Å²) in [4.78, 5) is 16.4. The molecule has 0 unspecified atom stereocenters. The van der Waals surface area contributed by atoms with E-state index in [9.17, 15) is 4.79 Å². The van der Waals surface area contributed by atoms with Crippen LogP contribution in [0.15, 0.2) is 65.7 Å². The number of hydrogen-bond donors (Lipinski definition) is 1. The summed E-state index contributed by atoms with van der Waals surface area (Å²) >= 11 is 0. The molecule has 1 fully saturated rings. The van der Waals surface area contributed by atoms with E-state index in [0.29, 0.717) is 5.92 Å². The Labute approximate surface area is 162 Å². The van der Waals surface area contributed by atoms with Crippen LogP contribution in [-0.4, -0.2) is 31.1 Å². The average Bonchev–Trinajstić information content (AvgIpc) is 2.67. The van der Waals surface area contributed by atoms with Crippen molar-refractivity contribution in [2.45, 2.75) is 25.7 Å². The highest BCUT2D eigenvalue weighted by Crippen LogP contribution is 2.32. The Morgan fingerprint density at radius 2 is 1.50 bits per heavy atom. The highest BCUT2D eigenvalue weighted by atomic mass is 35.5. The number of aliphatic imine (C=N–C) groups is 1. The second-order valence-corrected chi connectivity index (χ2v) is 6.72. The molecule has 0 aliphatic carbocycles. The van der Waals surface area contributed by atoms with Crippen LogP contribution in [-0.2, 0) is 4.79 Å². The molecule has 1 aliphatic rings. The Morgan fingerprint density at radius 3 is 1.96 bits per heavy atom. The zero-order chi connectivity index (χ0) is 17.5. The molecule has 4 heteroatoms. The van der Waals surface area contributed by atoms with E-state index < -0.39 is 0 Å². The maximum Gasteiger partial charge on any atom is 0.151 e. The van der Waals surface area contributed by atoms with Crippen LogP contribution in [0, 0.1) is 5.92 Å². The van der Waals surface area contributed by atoms with Crippen LogP contribution in [0.1, 0.15) is 36.8 Å². The number of halogens is 1. The lowest BCUT2D eigenvalue weighted by molar-refractivity contribution is -0.115. The van der Waals surface area contributed by atoms with Crippen molar-refractivity contribution in [3.8, 4) is 0 Å². The molecular formula is C22H27ClN2O. The van der Waals surface area contributed by atoms with Gasteiger partial charge >= 0.3 is 0 Å². The Morgan fingerprint density at radius 1 is 1.00 bits per heavy atom. The molecule has 26 heavy (non-hydrogen) atoms. The molecule has 1 N–H and O–H groups in total. The SMILES string of the molecule is CC(=O)CN=C(C1CCNCC1)C(c1ccccc1)c1ccccc1.Cl. The van der Waals surface area contributed by atoms with E-state index in [1.54, 1.807) is 6.92 Å². The molecule has 3 rings (SSSR count). The number of Topliss-reactive ketones (excluding diaryl/α,β-unsaturated/α-hetero) is 1. The summed E-state index contributed by atoms with van der Waals surface area (Å²) in [6.07, 6.45) is 2.15. The minimum absolute atomic E-state index is 0. The summed E-state index contributed by atoms with van der Waals surface area (Å²) in [6.45, 7) is 3.92. The zero-order valence-electron chi connectivity index (χ0n) is 15.2. The average molecular weight is 371 g/mol. The highest BCUT2D eigenvalue weighted by Gasteiger charge is 2.28. The van der Waals surface area contributed by atoms with Crippen LogP contribution in [0.25, 0.3) is 0 Å². The van der Waals surface area contributed by atoms with Crippen LogP contribution >= 0.6 is 12.4 Å². The minimum Gasteiger partial charge on any atom is -0.317 e. The van der Waals surface area contributed by atoms with Crippen molar-refractivity contribution >= 4 is 23.9 Å². The van der Waals surface area contributed by atoms with Gasteiger partial charge < -0.3 is 5.32 Å². The van der Waals surface area contributed by atoms with Crippen LogP contribution < -0.4 is 5.32 Å². The predicted octanol–water partition coefficient (Wildman–Crippen LogP) is 4.27. The second kappa shape index (κ2) is 10.2. The lowest BCUT2D eigenvalue weighted by atomic mass is 9.78.